The molecule has 1 atom stereocenters. The second-order valence-corrected chi connectivity index (χ2v) is 7.23. The molecular formula is C15H14ClFO3S. The minimum Gasteiger partial charge on any atom is -0.388 e. The Labute approximate surface area is 127 Å². The monoisotopic (exact) mass is 328 g/mol. The maximum absolute atomic E-state index is 13.1. The number of sulfone groups is 1. The summed E-state index contributed by atoms with van der Waals surface area (Å²) in [5, 5.41) is 10.1. The highest BCUT2D eigenvalue weighted by atomic mass is 35.5. The summed E-state index contributed by atoms with van der Waals surface area (Å²) >= 11 is 5.69. The summed E-state index contributed by atoms with van der Waals surface area (Å²) in [5.41, 5.74) is 1.28. The fraction of sp³-hybridized carbons (Fsp3) is 0.200. The molecule has 3 nitrogen and oxygen atoms in total. The van der Waals surface area contributed by atoms with E-state index in [9.17, 15) is 17.9 Å². The summed E-state index contributed by atoms with van der Waals surface area (Å²) in [6, 6.07) is 10.3. The number of benzene rings is 2. The predicted molar refractivity (Wildman–Crippen MR) is 79.6 cm³/mol. The zero-order valence-corrected chi connectivity index (χ0v) is 12.8. The van der Waals surface area contributed by atoms with E-state index < -0.39 is 21.8 Å². The van der Waals surface area contributed by atoms with Crippen LogP contribution in [0, 0.1) is 5.82 Å². The largest absolute Gasteiger partial charge is 0.388 e. The van der Waals surface area contributed by atoms with Crippen LogP contribution in [-0.4, -0.2) is 19.8 Å². The molecule has 0 aliphatic carbocycles. The molecule has 0 bridgehead atoms. The molecule has 2 aromatic carbocycles. The van der Waals surface area contributed by atoms with Gasteiger partial charge in [0.25, 0.3) is 0 Å². The highest BCUT2D eigenvalue weighted by Crippen LogP contribution is 2.23. The summed E-state index contributed by atoms with van der Waals surface area (Å²) in [6.45, 7) is 0. The third-order valence-corrected chi connectivity index (χ3v) is 4.52. The Morgan fingerprint density at radius 3 is 2.33 bits per heavy atom. The van der Waals surface area contributed by atoms with Crippen molar-refractivity contribution < 1.29 is 17.9 Å². The summed E-state index contributed by atoms with van der Waals surface area (Å²) in [7, 11) is -3.26. The van der Waals surface area contributed by atoms with Crippen LogP contribution in [0.5, 0.6) is 0 Å². The Morgan fingerprint density at radius 1 is 1.19 bits per heavy atom. The third kappa shape index (κ3) is 4.03. The number of hydrogen-bond donors (Lipinski definition) is 1. The van der Waals surface area contributed by atoms with Crippen molar-refractivity contribution >= 4 is 21.4 Å². The molecule has 2 aromatic rings. The topological polar surface area (TPSA) is 54.4 Å². The molecule has 112 valence electrons. The average Bonchev–Trinajstić information content (AvgIpc) is 2.42. The quantitative estimate of drug-likeness (QED) is 0.938. The van der Waals surface area contributed by atoms with E-state index >= 15 is 0 Å². The summed E-state index contributed by atoms with van der Waals surface area (Å²) in [6.07, 6.45) is 0.567. The molecule has 0 fully saturated rings. The van der Waals surface area contributed by atoms with Gasteiger partial charge in [-0.3, -0.25) is 0 Å². The van der Waals surface area contributed by atoms with Crippen molar-refractivity contribution in [1.29, 1.82) is 0 Å². The smallest absolute Gasteiger partial charge is 0.175 e. The van der Waals surface area contributed by atoms with Crippen molar-refractivity contribution in [2.24, 2.45) is 0 Å². The van der Waals surface area contributed by atoms with E-state index in [1.54, 1.807) is 18.2 Å². The van der Waals surface area contributed by atoms with E-state index in [0.29, 0.717) is 11.1 Å². The zero-order chi connectivity index (χ0) is 15.6. The van der Waals surface area contributed by atoms with Crippen LogP contribution in [0.25, 0.3) is 0 Å². The van der Waals surface area contributed by atoms with Crippen LogP contribution in [0.3, 0.4) is 0 Å². The van der Waals surface area contributed by atoms with Crippen LogP contribution in [0.15, 0.2) is 47.4 Å². The molecule has 0 saturated carbocycles. The van der Waals surface area contributed by atoms with Gasteiger partial charge in [0.2, 0.25) is 0 Å². The van der Waals surface area contributed by atoms with Crippen molar-refractivity contribution in [2.75, 3.05) is 6.26 Å². The first kappa shape index (κ1) is 15.9. The fourth-order valence-electron chi connectivity index (χ4n) is 1.94. The molecule has 0 saturated heterocycles. The molecule has 0 aliphatic heterocycles. The van der Waals surface area contributed by atoms with Crippen LogP contribution in [0.4, 0.5) is 4.39 Å². The molecule has 0 aliphatic rings. The van der Waals surface area contributed by atoms with E-state index in [1.807, 2.05) is 0 Å². The standard InChI is InChI=1S/C15H14ClFO3S/c1-21(19,20)12-5-3-11(4-6-12)15(18)9-10-2-7-14(17)13(16)8-10/h2-8,15,18H,9H2,1H3. The van der Waals surface area contributed by atoms with Gasteiger partial charge < -0.3 is 5.11 Å². The van der Waals surface area contributed by atoms with Crippen LogP contribution in [0.2, 0.25) is 5.02 Å². The van der Waals surface area contributed by atoms with Gasteiger partial charge in [-0.25, -0.2) is 12.8 Å². The molecule has 1 unspecified atom stereocenters. The average molecular weight is 329 g/mol. The number of halogens is 2. The van der Waals surface area contributed by atoms with E-state index in [4.69, 9.17) is 11.6 Å². The lowest BCUT2D eigenvalue weighted by Gasteiger charge is -2.12. The highest BCUT2D eigenvalue weighted by Gasteiger charge is 2.12. The zero-order valence-electron chi connectivity index (χ0n) is 11.3. The molecule has 0 radical (unpaired) electrons. The van der Waals surface area contributed by atoms with Crippen molar-refractivity contribution in [1.82, 2.24) is 0 Å². The van der Waals surface area contributed by atoms with E-state index in [-0.39, 0.29) is 16.3 Å². The number of aliphatic hydroxyl groups excluding tert-OH is 1. The van der Waals surface area contributed by atoms with Crippen molar-refractivity contribution in [3.05, 3.63) is 64.4 Å². The predicted octanol–water partition coefficient (Wildman–Crippen LogP) is 3.16. The van der Waals surface area contributed by atoms with Gasteiger partial charge in [0.1, 0.15) is 5.82 Å². The van der Waals surface area contributed by atoms with Crippen LogP contribution in [0.1, 0.15) is 17.2 Å². The Balaban J connectivity index is 2.16. The highest BCUT2D eigenvalue weighted by molar-refractivity contribution is 7.90. The molecule has 21 heavy (non-hydrogen) atoms. The first-order valence-corrected chi connectivity index (χ1v) is 8.46. The summed E-state index contributed by atoms with van der Waals surface area (Å²) < 4.78 is 35.8. The number of rotatable bonds is 4. The van der Waals surface area contributed by atoms with Crippen molar-refractivity contribution in [2.45, 2.75) is 17.4 Å². The van der Waals surface area contributed by atoms with Crippen LogP contribution < -0.4 is 0 Å². The van der Waals surface area contributed by atoms with Gasteiger partial charge in [-0.05, 0) is 35.4 Å². The minimum atomic E-state index is -3.26. The van der Waals surface area contributed by atoms with E-state index in [2.05, 4.69) is 0 Å². The molecular weight excluding hydrogens is 315 g/mol. The molecule has 1 N–H and O–H groups in total. The Hall–Kier alpha value is -1.43. The Morgan fingerprint density at radius 2 is 1.81 bits per heavy atom. The van der Waals surface area contributed by atoms with E-state index in [0.717, 1.165) is 6.26 Å². The molecule has 0 spiro atoms. The molecule has 0 aromatic heterocycles. The van der Waals surface area contributed by atoms with Crippen LogP contribution >= 0.6 is 11.6 Å². The van der Waals surface area contributed by atoms with Crippen LogP contribution in [-0.2, 0) is 16.3 Å². The third-order valence-electron chi connectivity index (χ3n) is 3.11. The SMILES string of the molecule is CS(=O)(=O)c1ccc(C(O)Cc2ccc(F)c(Cl)c2)cc1. The van der Waals surface area contributed by atoms with Gasteiger partial charge in [0, 0.05) is 12.7 Å². The maximum Gasteiger partial charge on any atom is 0.175 e. The van der Waals surface area contributed by atoms with Crippen molar-refractivity contribution in [3.63, 3.8) is 0 Å². The molecule has 0 heterocycles. The lowest BCUT2D eigenvalue weighted by atomic mass is 10.0. The first-order valence-electron chi connectivity index (χ1n) is 6.19. The molecule has 6 heteroatoms. The Bertz CT molecular complexity index is 742. The fourth-order valence-corrected chi connectivity index (χ4v) is 2.78. The van der Waals surface area contributed by atoms with Crippen molar-refractivity contribution in [3.8, 4) is 0 Å². The molecule has 2 rings (SSSR count). The van der Waals surface area contributed by atoms with E-state index in [1.165, 1.54) is 24.3 Å². The second kappa shape index (κ2) is 6.13. The lowest BCUT2D eigenvalue weighted by Crippen LogP contribution is -2.03. The Kier molecular flexibility index (Phi) is 4.66. The number of aliphatic hydroxyl groups is 1. The molecule has 0 amide bonds. The summed E-state index contributed by atoms with van der Waals surface area (Å²) in [5.74, 6) is -0.507. The second-order valence-electron chi connectivity index (χ2n) is 4.81. The van der Waals surface area contributed by atoms with Gasteiger partial charge in [0.15, 0.2) is 9.84 Å². The van der Waals surface area contributed by atoms with Gasteiger partial charge in [-0.1, -0.05) is 29.8 Å². The first-order chi connectivity index (χ1) is 9.77. The lowest BCUT2D eigenvalue weighted by molar-refractivity contribution is 0.178. The summed E-state index contributed by atoms with van der Waals surface area (Å²) in [4.78, 5) is 0.197. The maximum atomic E-state index is 13.1. The van der Waals surface area contributed by atoms with Gasteiger partial charge in [-0.2, -0.15) is 0 Å². The van der Waals surface area contributed by atoms with Gasteiger partial charge >= 0.3 is 0 Å². The van der Waals surface area contributed by atoms with Gasteiger partial charge in [-0.15, -0.1) is 0 Å². The minimum absolute atomic E-state index is 0.00660. The normalized spacial score (nSPS) is 13.1. The van der Waals surface area contributed by atoms with Gasteiger partial charge in [0.05, 0.1) is 16.0 Å². The number of hydrogen-bond acceptors (Lipinski definition) is 3.